The average Bonchev–Trinajstić information content (AvgIpc) is 2.29. The number of hydrogen-bond acceptors (Lipinski definition) is 1. The molecule has 0 saturated carbocycles. The van der Waals surface area contributed by atoms with E-state index in [0.717, 1.165) is 12.5 Å². The standard InChI is InChI=1S/C15H25N3/c1-15(2,13-10-8-7-9-11-13)12-16-14(17(3)4)18(5)6/h7-11H,12H2,1-6H3. The molecule has 0 fully saturated rings. The molecule has 1 aromatic rings. The molecule has 0 aliphatic rings. The Kier molecular flexibility index (Phi) is 4.76. The number of rotatable bonds is 3. The number of aliphatic imine (C=N–C) groups is 1. The van der Waals surface area contributed by atoms with Gasteiger partial charge in [-0.1, -0.05) is 44.2 Å². The molecule has 0 aliphatic heterocycles. The molecule has 3 nitrogen and oxygen atoms in total. The van der Waals surface area contributed by atoms with Crippen molar-refractivity contribution in [2.45, 2.75) is 19.3 Å². The molecule has 0 unspecified atom stereocenters. The van der Waals surface area contributed by atoms with E-state index in [1.165, 1.54) is 5.56 Å². The molecule has 0 amide bonds. The molecule has 0 N–H and O–H groups in total. The van der Waals surface area contributed by atoms with Crippen LogP contribution in [0.15, 0.2) is 35.3 Å². The lowest BCUT2D eigenvalue weighted by Gasteiger charge is -2.27. The van der Waals surface area contributed by atoms with Gasteiger partial charge in [-0.15, -0.1) is 0 Å². The van der Waals surface area contributed by atoms with Crippen LogP contribution >= 0.6 is 0 Å². The van der Waals surface area contributed by atoms with E-state index in [-0.39, 0.29) is 5.41 Å². The highest BCUT2D eigenvalue weighted by atomic mass is 15.3. The third kappa shape index (κ3) is 3.76. The van der Waals surface area contributed by atoms with Crippen molar-refractivity contribution in [3.05, 3.63) is 35.9 Å². The molecule has 0 aromatic heterocycles. The topological polar surface area (TPSA) is 18.8 Å². The summed E-state index contributed by atoms with van der Waals surface area (Å²) in [7, 11) is 8.09. The van der Waals surface area contributed by atoms with Crippen molar-refractivity contribution in [3.8, 4) is 0 Å². The van der Waals surface area contributed by atoms with Gasteiger partial charge in [-0.25, -0.2) is 0 Å². The van der Waals surface area contributed by atoms with Crippen molar-refractivity contribution in [2.24, 2.45) is 4.99 Å². The van der Waals surface area contributed by atoms with Gasteiger partial charge in [-0.2, -0.15) is 0 Å². The second-order valence-corrected chi connectivity index (χ2v) is 5.65. The van der Waals surface area contributed by atoms with Crippen molar-refractivity contribution >= 4 is 5.96 Å². The maximum Gasteiger partial charge on any atom is 0.195 e. The van der Waals surface area contributed by atoms with Crippen molar-refractivity contribution in [1.82, 2.24) is 9.80 Å². The summed E-state index contributed by atoms with van der Waals surface area (Å²) in [4.78, 5) is 8.82. The number of benzene rings is 1. The van der Waals surface area contributed by atoms with Crippen LogP contribution in [-0.4, -0.2) is 50.5 Å². The molecule has 18 heavy (non-hydrogen) atoms. The van der Waals surface area contributed by atoms with E-state index in [4.69, 9.17) is 4.99 Å². The Morgan fingerprint density at radius 2 is 1.50 bits per heavy atom. The van der Waals surface area contributed by atoms with E-state index < -0.39 is 0 Å². The lowest BCUT2D eigenvalue weighted by atomic mass is 9.85. The van der Waals surface area contributed by atoms with Crippen molar-refractivity contribution in [2.75, 3.05) is 34.7 Å². The maximum absolute atomic E-state index is 4.74. The van der Waals surface area contributed by atoms with Gasteiger partial charge in [0.2, 0.25) is 0 Å². The second-order valence-electron chi connectivity index (χ2n) is 5.65. The molecular formula is C15H25N3. The molecule has 0 atom stereocenters. The first kappa shape index (κ1) is 14.6. The molecule has 1 rings (SSSR count). The monoisotopic (exact) mass is 247 g/mol. The van der Waals surface area contributed by atoms with Crippen LogP contribution in [-0.2, 0) is 5.41 Å². The van der Waals surface area contributed by atoms with Gasteiger partial charge in [-0.05, 0) is 5.56 Å². The van der Waals surface area contributed by atoms with Gasteiger partial charge in [0.25, 0.3) is 0 Å². The van der Waals surface area contributed by atoms with Crippen LogP contribution in [0.2, 0.25) is 0 Å². The van der Waals surface area contributed by atoms with Gasteiger partial charge in [0.05, 0.1) is 6.54 Å². The lowest BCUT2D eigenvalue weighted by molar-refractivity contribution is 0.464. The van der Waals surface area contributed by atoms with Crippen LogP contribution in [0.1, 0.15) is 19.4 Å². The summed E-state index contributed by atoms with van der Waals surface area (Å²) in [5, 5.41) is 0. The molecule has 0 spiro atoms. The summed E-state index contributed by atoms with van der Waals surface area (Å²) in [6, 6.07) is 10.5. The molecule has 0 heterocycles. The van der Waals surface area contributed by atoms with Crippen LogP contribution in [0.4, 0.5) is 0 Å². The number of guanidine groups is 1. The maximum atomic E-state index is 4.74. The fraction of sp³-hybridized carbons (Fsp3) is 0.533. The van der Waals surface area contributed by atoms with Crippen molar-refractivity contribution in [1.29, 1.82) is 0 Å². The largest absolute Gasteiger partial charge is 0.349 e. The first-order valence-corrected chi connectivity index (χ1v) is 6.29. The summed E-state index contributed by atoms with van der Waals surface area (Å²) in [5.74, 6) is 0.999. The molecule has 1 aromatic carbocycles. The summed E-state index contributed by atoms with van der Waals surface area (Å²) in [5.41, 5.74) is 1.38. The van der Waals surface area contributed by atoms with E-state index in [1.807, 2.05) is 44.1 Å². The zero-order valence-electron chi connectivity index (χ0n) is 12.4. The van der Waals surface area contributed by atoms with Gasteiger partial charge in [0, 0.05) is 33.6 Å². The Bertz CT molecular complexity index is 381. The molecule has 0 aliphatic carbocycles. The minimum absolute atomic E-state index is 0.0541. The smallest absolute Gasteiger partial charge is 0.195 e. The van der Waals surface area contributed by atoms with Gasteiger partial charge in [-0.3, -0.25) is 4.99 Å². The highest BCUT2D eigenvalue weighted by Gasteiger charge is 2.20. The zero-order valence-corrected chi connectivity index (χ0v) is 12.4. The number of hydrogen-bond donors (Lipinski definition) is 0. The minimum atomic E-state index is 0.0541. The van der Waals surface area contributed by atoms with Crippen LogP contribution in [0.25, 0.3) is 0 Å². The predicted molar refractivity (Wildman–Crippen MR) is 79.1 cm³/mol. The van der Waals surface area contributed by atoms with E-state index in [0.29, 0.717) is 0 Å². The third-order valence-corrected chi connectivity index (χ3v) is 2.97. The highest BCUT2D eigenvalue weighted by molar-refractivity contribution is 5.79. The fourth-order valence-electron chi connectivity index (χ4n) is 1.93. The van der Waals surface area contributed by atoms with Gasteiger partial charge in [0.1, 0.15) is 0 Å². The van der Waals surface area contributed by atoms with E-state index >= 15 is 0 Å². The first-order valence-electron chi connectivity index (χ1n) is 6.29. The highest BCUT2D eigenvalue weighted by Crippen LogP contribution is 2.23. The van der Waals surface area contributed by atoms with Crippen LogP contribution in [0.3, 0.4) is 0 Å². The van der Waals surface area contributed by atoms with E-state index in [2.05, 4.69) is 38.1 Å². The quantitative estimate of drug-likeness (QED) is 0.603. The number of nitrogens with zero attached hydrogens (tertiary/aromatic N) is 3. The van der Waals surface area contributed by atoms with Crippen LogP contribution < -0.4 is 0 Å². The predicted octanol–water partition coefficient (Wildman–Crippen LogP) is 2.44. The third-order valence-electron chi connectivity index (χ3n) is 2.97. The zero-order chi connectivity index (χ0) is 13.8. The Morgan fingerprint density at radius 3 is 1.94 bits per heavy atom. The Morgan fingerprint density at radius 1 is 1.00 bits per heavy atom. The van der Waals surface area contributed by atoms with E-state index in [1.54, 1.807) is 0 Å². The summed E-state index contributed by atoms with van der Waals surface area (Å²) in [6.45, 7) is 5.24. The Hall–Kier alpha value is -1.51. The molecule has 0 radical (unpaired) electrons. The lowest BCUT2D eigenvalue weighted by Crippen LogP contribution is -2.36. The molecule has 0 saturated heterocycles. The molecular weight excluding hydrogens is 222 g/mol. The minimum Gasteiger partial charge on any atom is -0.349 e. The van der Waals surface area contributed by atoms with Gasteiger partial charge < -0.3 is 9.80 Å². The van der Waals surface area contributed by atoms with Crippen molar-refractivity contribution in [3.63, 3.8) is 0 Å². The average molecular weight is 247 g/mol. The SMILES string of the molecule is CN(C)C(=NCC(C)(C)c1ccccc1)N(C)C. The molecule has 100 valence electrons. The summed E-state index contributed by atoms with van der Waals surface area (Å²) in [6.07, 6.45) is 0. The summed E-state index contributed by atoms with van der Waals surface area (Å²) < 4.78 is 0. The van der Waals surface area contributed by atoms with Gasteiger partial charge >= 0.3 is 0 Å². The normalized spacial score (nSPS) is 11.0. The van der Waals surface area contributed by atoms with Crippen LogP contribution in [0.5, 0.6) is 0 Å². The fourth-order valence-corrected chi connectivity index (χ4v) is 1.93. The first-order chi connectivity index (χ1) is 8.34. The van der Waals surface area contributed by atoms with Crippen molar-refractivity contribution < 1.29 is 0 Å². The van der Waals surface area contributed by atoms with Crippen LogP contribution in [0, 0.1) is 0 Å². The van der Waals surface area contributed by atoms with Gasteiger partial charge in [0.15, 0.2) is 5.96 Å². The molecule has 0 bridgehead atoms. The molecule has 3 heteroatoms. The Labute approximate surface area is 111 Å². The Balaban J connectivity index is 2.86. The second kappa shape index (κ2) is 5.89. The van der Waals surface area contributed by atoms with E-state index in [9.17, 15) is 0 Å². The summed E-state index contributed by atoms with van der Waals surface area (Å²) >= 11 is 0.